The smallest absolute Gasteiger partial charge is 0.234 e. The van der Waals surface area contributed by atoms with Crippen molar-refractivity contribution in [2.75, 3.05) is 0 Å². The second-order valence-corrected chi connectivity index (χ2v) is 11.0. The Morgan fingerprint density at radius 1 is 0.857 bits per heavy atom. The lowest BCUT2D eigenvalue weighted by Crippen LogP contribution is -2.35. The number of carbonyl (C=O) groups is 1. The normalized spacial score (nSPS) is 12.5. The second kappa shape index (κ2) is 10.5. The number of amides is 1. The first-order valence-electron chi connectivity index (χ1n) is 11.8. The van der Waals surface area contributed by atoms with E-state index in [1.807, 2.05) is 79.2 Å². The van der Waals surface area contributed by atoms with E-state index in [1.165, 1.54) is 17.3 Å². The van der Waals surface area contributed by atoms with Crippen molar-refractivity contribution in [3.63, 3.8) is 0 Å². The van der Waals surface area contributed by atoms with Crippen molar-refractivity contribution >= 4 is 17.7 Å². The largest absolute Gasteiger partial charge is 0.344 e. The Hall–Kier alpha value is -3.38. The molecular formula is C29H32N4OS. The number of aromatic nitrogens is 3. The lowest BCUT2D eigenvalue weighted by atomic mass is 9.87. The molecule has 0 aliphatic carbocycles. The summed E-state index contributed by atoms with van der Waals surface area (Å²) >= 11 is 1.41. The van der Waals surface area contributed by atoms with Crippen LogP contribution in [0.4, 0.5) is 0 Å². The van der Waals surface area contributed by atoms with Gasteiger partial charge < -0.3 is 9.88 Å². The summed E-state index contributed by atoms with van der Waals surface area (Å²) in [6.07, 6.45) is 0. The van der Waals surface area contributed by atoms with Crippen molar-refractivity contribution < 1.29 is 4.79 Å². The summed E-state index contributed by atoms with van der Waals surface area (Å²) in [6.45, 7) is 8.50. The van der Waals surface area contributed by atoms with Crippen molar-refractivity contribution in [1.82, 2.24) is 20.1 Å². The first-order chi connectivity index (χ1) is 16.7. The summed E-state index contributed by atoms with van der Waals surface area (Å²) in [5.41, 5.74) is 4.47. The van der Waals surface area contributed by atoms with Gasteiger partial charge in [-0.3, -0.25) is 4.79 Å². The molecule has 6 heteroatoms. The van der Waals surface area contributed by atoms with E-state index in [4.69, 9.17) is 0 Å². The van der Waals surface area contributed by atoms with Gasteiger partial charge >= 0.3 is 0 Å². The summed E-state index contributed by atoms with van der Waals surface area (Å²) in [4.78, 5) is 13.2. The fourth-order valence-electron chi connectivity index (χ4n) is 3.91. The molecular weight excluding hydrogens is 452 g/mol. The lowest BCUT2D eigenvalue weighted by molar-refractivity contribution is -0.120. The molecule has 0 fully saturated rings. The Bertz CT molecular complexity index is 1220. The maximum absolute atomic E-state index is 13.2. The van der Waals surface area contributed by atoms with E-state index in [0.717, 1.165) is 22.5 Å². The van der Waals surface area contributed by atoms with Gasteiger partial charge in [0.2, 0.25) is 5.91 Å². The molecule has 0 saturated carbocycles. The standard InChI is InChI=1S/C29H32N4OS/c1-20(27(34)30-25(21-12-8-6-9-13-21)22-14-10-7-11-15-22)35-28-32-31-26(33(28)5)23-16-18-24(19-17-23)29(2,3)4/h6-20,25H,1-5H3,(H,30,34). The Balaban J connectivity index is 1.49. The highest BCUT2D eigenvalue weighted by Gasteiger charge is 2.23. The predicted octanol–water partition coefficient (Wildman–Crippen LogP) is 6.17. The molecule has 35 heavy (non-hydrogen) atoms. The molecule has 0 bridgehead atoms. The zero-order valence-corrected chi connectivity index (χ0v) is 21.7. The van der Waals surface area contributed by atoms with E-state index in [1.54, 1.807) is 0 Å². The van der Waals surface area contributed by atoms with Gasteiger partial charge in [-0.25, -0.2) is 0 Å². The number of thioether (sulfide) groups is 1. The topological polar surface area (TPSA) is 59.8 Å². The van der Waals surface area contributed by atoms with Gasteiger partial charge in [0, 0.05) is 12.6 Å². The quantitative estimate of drug-likeness (QED) is 0.319. The van der Waals surface area contributed by atoms with Crippen molar-refractivity contribution in [3.05, 3.63) is 102 Å². The van der Waals surface area contributed by atoms with Gasteiger partial charge in [-0.05, 0) is 29.0 Å². The highest BCUT2D eigenvalue weighted by molar-refractivity contribution is 8.00. The van der Waals surface area contributed by atoms with Crippen molar-refractivity contribution in [2.24, 2.45) is 7.05 Å². The van der Waals surface area contributed by atoms with Crippen molar-refractivity contribution in [1.29, 1.82) is 0 Å². The maximum Gasteiger partial charge on any atom is 0.234 e. The minimum absolute atomic E-state index is 0.0493. The van der Waals surface area contributed by atoms with Gasteiger partial charge in [-0.15, -0.1) is 10.2 Å². The summed E-state index contributed by atoms with van der Waals surface area (Å²) in [7, 11) is 1.94. The zero-order valence-electron chi connectivity index (χ0n) is 20.9. The molecule has 4 aromatic rings. The minimum Gasteiger partial charge on any atom is -0.344 e. The van der Waals surface area contributed by atoms with Crippen LogP contribution in [-0.4, -0.2) is 25.9 Å². The van der Waals surface area contributed by atoms with E-state index < -0.39 is 0 Å². The second-order valence-electron chi connectivity index (χ2n) is 9.72. The third-order valence-corrected chi connectivity index (χ3v) is 7.18. The molecule has 1 atom stereocenters. The Kier molecular flexibility index (Phi) is 7.41. The Morgan fingerprint density at radius 3 is 1.91 bits per heavy atom. The first-order valence-corrected chi connectivity index (χ1v) is 12.7. The fourth-order valence-corrected chi connectivity index (χ4v) is 4.73. The molecule has 1 unspecified atom stereocenters. The van der Waals surface area contributed by atoms with Crippen LogP contribution in [0, 0.1) is 0 Å². The Labute approximate surface area is 212 Å². The lowest BCUT2D eigenvalue weighted by Gasteiger charge is -2.22. The van der Waals surface area contributed by atoms with Crippen molar-refractivity contribution in [3.8, 4) is 11.4 Å². The van der Waals surface area contributed by atoms with Gasteiger partial charge in [0.05, 0.1) is 11.3 Å². The molecule has 1 aromatic heterocycles. The van der Waals surface area contributed by atoms with Gasteiger partial charge in [0.25, 0.3) is 0 Å². The summed E-state index contributed by atoms with van der Waals surface area (Å²) in [5, 5.41) is 12.4. The molecule has 1 N–H and O–H groups in total. The van der Waals surface area contributed by atoms with E-state index in [2.05, 4.69) is 60.6 Å². The molecule has 1 amide bonds. The SMILES string of the molecule is CC(Sc1nnc(-c2ccc(C(C)(C)C)cc2)n1C)C(=O)NC(c1ccccc1)c1ccccc1. The number of benzene rings is 3. The van der Waals surface area contributed by atoms with E-state index >= 15 is 0 Å². The summed E-state index contributed by atoms with van der Waals surface area (Å²) in [6, 6.07) is 28.3. The highest BCUT2D eigenvalue weighted by Crippen LogP contribution is 2.29. The van der Waals surface area contributed by atoms with Crippen LogP contribution >= 0.6 is 11.8 Å². The summed E-state index contributed by atoms with van der Waals surface area (Å²) < 4.78 is 1.95. The van der Waals surface area contributed by atoms with Crippen LogP contribution in [-0.2, 0) is 17.3 Å². The van der Waals surface area contributed by atoms with Gasteiger partial charge in [0.1, 0.15) is 0 Å². The van der Waals surface area contributed by atoms with Gasteiger partial charge in [-0.1, -0.05) is 117 Å². The van der Waals surface area contributed by atoms with E-state index in [-0.39, 0.29) is 22.6 Å². The first kappa shape index (κ1) is 24.7. The number of hydrogen-bond donors (Lipinski definition) is 1. The van der Waals surface area contributed by atoms with Crippen LogP contribution in [0.2, 0.25) is 0 Å². The minimum atomic E-state index is -0.344. The average Bonchev–Trinajstić information content (AvgIpc) is 3.22. The third-order valence-electron chi connectivity index (χ3n) is 6.05. The average molecular weight is 485 g/mol. The number of hydrogen-bond acceptors (Lipinski definition) is 4. The van der Waals surface area contributed by atoms with Crippen LogP contribution in [0.5, 0.6) is 0 Å². The molecule has 0 saturated heterocycles. The van der Waals surface area contributed by atoms with Crippen LogP contribution in [0.15, 0.2) is 90.1 Å². The van der Waals surface area contributed by atoms with Crippen LogP contribution in [0.3, 0.4) is 0 Å². The molecule has 4 rings (SSSR count). The number of rotatable bonds is 7. The highest BCUT2D eigenvalue weighted by atomic mass is 32.2. The predicted molar refractivity (Wildman–Crippen MR) is 143 cm³/mol. The monoisotopic (exact) mass is 484 g/mol. The molecule has 0 aliphatic heterocycles. The van der Waals surface area contributed by atoms with E-state index in [0.29, 0.717) is 5.16 Å². The zero-order chi connectivity index (χ0) is 25.0. The molecule has 0 radical (unpaired) electrons. The third kappa shape index (κ3) is 5.82. The molecule has 0 aliphatic rings. The molecule has 5 nitrogen and oxygen atoms in total. The molecule has 3 aromatic carbocycles. The fraction of sp³-hybridized carbons (Fsp3) is 0.276. The molecule has 1 heterocycles. The Morgan fingerprint density at radius 2 is 1.40 bits per heavy atom. The number of nitrogens with zero attached hydrogens (tertiary/aromatic N) is 3. The van der Waals surface area contributed by atoms with Crippen molar-refractivity contribution in [2.45, 2.75) is 49.6 Å². The van der Waals surface area contributed by atoms with Crippen LogP contribution < -0.4 is 5.32 Å². The summed E-state index contributed by atoms with van der Waals surface area (Å²) in [5.74, 6) is 0.735. The number of nitrogens with one attached hydrogen (secondary N) is 1. The maximum atomic E-state index is 13.2. The van der Waals surface area contributed by atoms with Gasteiger partial charge in [0.15, 0.2) is 11.0 Å². The molecule has 0 spiro atoms. The van der Waals surface area contributed by atoms with E-state index in [9.17, 15) is 4.79 Å². The van der Waals surface area contributed by atoms with Gasteiger partial charge in [-0.2, -0.15) is 0 Å². The van der Waals surface area contributed by atoms with Crippen LogP contribution in [0.1, 0.15) is 50.4 Å². The molecule has 180 valence electrons. The van der Waals surface area contributed by atoms with Crippen LogP contribution in [0.25, 0.3) is 11.4 Å². The number of carbonyl (C=O) groups excluding carboxylic acids is 1.